The molecule has 0 saturated heterocycles. The number of nitrogens with one attached hydrogen (secondary N) is 1. The molecule has 3 rings (SSSR count). The Morgan fingerprint density at radius 3 is 2.04 bits per heavy atom. The maximum absolute atomic E-state index is 12.8. The van der Waals surface area contributed by atoms with Gasteiger partial charge in [0.15, 0.2) is 0 Å². The smallest absolute Gasteiger partial charge is 0.224 e. The normalized spacial score (nSPS) is 10.4. The highest BCUT2D eigenvalue weighted by atomic mass is 19.1. The zero-order valence-corrected chi connectivity index (χ0v) is 13.9. The lowest BCUT2D eigenvalue weighted by Gasteiger charge is -2.07. The second kappa shape index (κ2) is 8.25. The first kappa shape index (κ1) is 16.9. The van der Waals surface area contributed by atoms with E-state index in [0.717, 1.165) is 22.3 Å². The summed E-state index contributed by atoms with van der Waals surface area (Å²) in [5, 5.41) is 2.91. The lowest BCUT2D eigenvalue weighted by atomic mass is 10.0. The molecule has 3 aromatic rings. The number of amides is 1. The van der Waals surface area contributed by atoms with Crippen LogP contribution in [0.1, 0.15) is 11.1 Å². The summed E-state index contributed by atoms with van der Waals surface area (Å²) in [6.45, 7) is 0.548. The largest absolute Gasteiger partial charge is 0.355 e. The number of carbonyl (C=O) groups is 1. The van der Waals surface area contributed by atoms with Gasteiger partial charge in [0, 0.05) is 6.54 Å². The molecule has 0 aromatic heterocycles. The van der Waals surface area contributed by atoms with Gasteiger partial charge in [0.25, 0.3) is 0 Å². The lowest BCUT2D eigenvalue weighted by molar-refractivity contribution is -0.120. The fourth-order valence-electron chi connectivity index (χ4n) is 2.69. The number of halogens is 1. The number of hydrogen-bond acceptors (Lipinski definition) is 1. The summed E-state index contributed by atoms with van der Waals surface area (Å²) < 4.78 is 12.8. The molecule has 0 aliphatic carbocycles. The Morgan fingerprint density at radius 2 is 1.36 bits per heavy atom. The summed E-state index contributed by atoms with van der Waals surface area (Å²) in [5.41, 5.74) is 4.30. The minimum Gasteiger partial charge on any atom is -0.355 e. The van der Waals surface area contributed by atoms with Crippen molar-refractivity contribution in [2.24, 2.45) is 0 Å². The van der Waals surface area contributed by atoms with E-state index in [1.165, 1.54) is 12.1 Å². The van der Waals surface area contributed by atoms with Crippen LogP contribution in [0.25, 0.3) is 11.1 Å². The van der Waals surface area contributed by atoms with Crippen LogP contribution in [0.4, 0.5) is 4.39 Å². The third kappa shape index (κ3) is 5.01. The summed E-state index contributed by atoms with van der Waals surface area (Å²) >= 11 is 0. The van der Waals surface area contributed by atoms with Crippen LogP contribution in [0, 0.1) is 5.82 Å². The molecule has 3 aromatic carbocycles. The Labute approximate surface area is 147 Å². The highest BCUT2D eigenvalue weighted by Gasteiger charge is 2.04. The molecule has 0 unspecified atom stereocenters. The zero-order chi connectivity index (χ0) is 17.5. The van der Waals surface area contributed by atoms with Gasteiger partial charge in [-0.2, -0.15) is 0 Å². The van der Waals surface area contributed by atoms with Gasteiger partial charge in [-0.1, -0.05) is 66.7 Å². The predicted octanol–water partition coefficient (Wildman–Crippen LogP) is 4.39. The summed E-state index contributed by atoms with van der Waals surface area (Å²) in [6.07, 6.45) is 1.05. The van der Waals surface area contributed by atoms with E-state index >= 15 is 0 Å². The monoisotopic (exact) mass is 333 g/mol. The van der Waals surface area contributed by atoms with Gasteiger partial charge < -0.3 is 5.32 Å². The van der Waals surface area contributed by atoms with Gasteiger partial charge in [0.05, 0.1) is 6.42 Å². The molecule has 0 atom stereocenters. The van der Waals surface area contributed by atoms with E-state index in [4.69, 9.17) is 0 Å². The number of benzene rings is 3. The molecule has 0 fully saturated rings. The van der Waals surface area contributed by atoms with Gasteiger partial charge in [0.1, 0.15) is 5.82 Å². The van der Waals surface area contributed by atoms with E-state index in [0.29, 0.717) is 19.4 Å². The molecular formula is C22H20FNO. The van der Waals surface area contributed by atoms with E-state index in [-0.39, 0.29) is 11.7 Å². The Morgan fingerprint density at radius 1 is 0.760 bits per heavy atom. The van der Waals surface area contributed by atoms with Crippen molar-refractivity contribution in [3.8, 4) is 11.1 Å². The Hall–Kier alpha value is -2.94. The van der Waals surface area contributed by atoms with Crippen molar-refractivity contribution < 1.29 is 9.18 Å². The SMILES string of the molecule is O=C(Cc1ccc(-c2ccccc2)cc1)NCCc1ccc(F)cc1. The van der Waals surface area contributed by atoms with Crippen molar-refractivity contribution in [2.45, 2.75) is 12.8 Å². The summed E-state index contributed by atoms with van der Waals surface area (Å²) in [4.78, 5) is 12.0. The van der Waals surface area contributed by atoms with Crippen molar-refractivity contribution in [1.29, 1.82) is 0 Å². The molecule has 0 radical (unpaired) electrons. The van der Waals surface area contributed by atoms with Gasteiger partial charge in [-0.15, -0.1) is 0 Å². The maximum atomic E-state index is 12.8. The molecular weight excluding hydrogens is 313 g/mol. The Bertz CT molecular complexity index is 811. The van der Waals surface area contributed by atoms with E-state index < -0.39 is 0 Å². The van der Waals surface area contributed by atoms with Crippen molar-refractivity contribution in [3.05, 3.63) is 95.8 Å². The first-order valence-electron chi connectivity index (χ1n) is 8.36. The molecule has 25 heavy (non-hydrogen) atoms. The first-order valence-corrected chi connectivity index (χ1v) is 8.36. The second-order valence-corrected chi connectivity index (χ2v) is 5.97. The van der Waals surface area contributed by atoms with Gasteiger partial charge in [-0.3, -0.25) is 4.79 Å². The number of carbonyl (C=O) groups excluding carboxylic acids is 1. The highest BCUT2D eigenvalue weighted by Crippen LogP contribution is 2.19. The molecule has 2 nitrogen and oxygen atoms in total. The topological polar surface area (TPSA) is 29.1 Å². The van der Waals surface area contributed by atoms with Crippen LogP contribution >= 0.6 is 0 Å². The van der Waals surface area contributed by atoms with E-state index in [1.807, 2.05) is 42.5 Å². The third-order valence-corrected chi connectivity index (χ3v) is 4.07. The van der Waals surface area contributed by atoms with Crippen LogP contribution in [0.3, 0.4) is 0 Å². The van der Waals surface area contributed by atoms with Gasteiger partial charge in [-0.25, -0.2) is 4.39 Å². The molecule has 1 amide bonds. The minimum atomic E-state index is -0.244. The van der Waals surface area contributed by atoms with Gasteiger partial charge in [0.2, 0.25) is 5.91 Å². The lowest BCUT2D eigenvalue weighted by Crippen LogP contribution is -2.27. The van der Waals surface area contributed by atoms with E-state index in [1.54, 1.807) is 12.1 Å². The molecule has 0 aliphatic heterocycles. The van der Waals surface area contributed by atoms with E-state index in [2.05, 4.69) is 17.4 Å². The van der Waals surface area contributed by atoms with Crippen molar-refractivity contribution in [2.75, 3.05) is 6.54 Å². The van der Waals surface area contributed by atoms with Crippen molar-refractivity contribution in [1.82, 2.24) is 5.32 Å². The van der Waals surface area contributed by atoms with Crippen LogP contribution < -0.4 is 5.32 Å². The fraction of sp³-hybridized carbons (Fsp3) is 0.136. The average molecular weight is 333 g/mol. The van der Waals surface area contributed by atoms with Crippen LogP contribution in [0.5, 0.6) is 0 Å². The third-order valence-electron chi connectivity index (χ3n) is 4.07. The van der Waals surface area contributed by atoms with Gasteiger partial charge in [-0.05, 0) is 40.8 Å². The molecule has 0 heterocycles. The molecule has 3 heteroatoms. The van der Waals surface area contributed by atoms with Crippen molar-refractivity contribution in [3.63, 3.8) is 0 Å². The summed E-state index contributed by atoms with van der Waals surface area (Å²) in [5.74, 6) is -0.249. The van der Waals surface area contributed by atoms with Crippen molar-refractivity contribution >= 4 is 5.91 Å². The molecule has 126 valence electrons. The quantitative estimate of drug-likeness (QED) is 0.712. The molecule has 0 spiro atoms. The number of hydrogen-bond donors (Lipinski definition) is 1. The zero-order valence-electron chi connectivity index (χ0n) is 13.9. The van der Waals surface area contributed by atoms with Crippen LogP contribution in [0.15, 0.2) is 78.9 Å². The summed E-state index contributed by atoms with van der Waals surface area (Å²) in [7, 11) is 0. The van der Waals surface area contributed by atoms with Crippen LogP contribution in [-0.4, -0.2) is 12.5 Å². The highest BCUT2D eigenvalue weighted by molar-refractivity contribution is 5.78. The van der Waals surface area contributed by atoms with Crippen LogP contribution in [-0.2, 0) is 17.6 Å². The standard InChI is InChI=1S/C22H20FNO/c23-21-12-8-17(9-13-21)14-15-24-22(25)16-18-6-10-20(11-7-18)19-4-2-1-3-5-19/h1-13H,14-16H2,(H,24,25). The maximum Gasteiger partial charge on any atom is 0.224 e. The minimum absolute atomic E-state index is 0.00503. The number of rotatable bonds is 6. The molecule has 0 aliphatic rings. The second-order valence-electron chi connectivity index (χ2n) is 5.97. The first-order chi connectivity index (χ1) is 12.2. The summed E-state index contributed by atoms with van der Waals surface area (Å²) in [6, 6.07) is 24.6. The Kier molecular flexibility index (Phi) is 5.57. The Balaban J connectivity index is 1.48. The molecule has 0 bridgehead atoms. The molecule has 1 N–H and O–H groups in total. The average Bonchev–Trinajstić information content (AvgIpc) is 2.65. The van der Waals surface area contributed by atoms with Crippen LogP contribution in [0.2, 0.25) is 0 Å². The fourth-order valence-corrected chi connectivity index (χ4v) is 2.69. The predicted molar refractivity (Wildman–Crippen MR) is 98.7 cm³/mol. The van der Waals surface area contributed by atoms with E-state index in [9.17, 15) is 9.18 Å². The van der Waals surface area contributed by atoms with Gasteiger partial charge >= 0.3 is 0 Å². The molecule has 0 saturated carbocycles.